The van der Waals surface area contributed by atoms with Crippen molar-refractivity contribution in [2.75, 3.05) is 6.54 Å². The molecule has 5 heteroatoms. The summed E-state index contributed by atoms with van der Waals surface area (Å²) in [6.45, 7) is 8.30. The van der Waals surface area contributed by atoms with E-state index in [0.29, 0.717) is 18.0 Å². The Kier molecular flexibility index (Phi) is 4.90. The van der Waals surface area contributed by atoms with Gasteiger partial charge in [0, 0.05) is 19.1 Å². The van der Waals surface area contributed by atoms with Gasteiger partial charge in [0.15, 0.2) is 0 Å². The zero-order valence-corrected chi connectivity index (χ0v) is 12.3. The van der Waals surface area contributed by atoms with E-state index < -0.39 is 10.0 Å². The van der Waals surface area contributed by atoms with E-state index in [1.165, 1.54) is 4.31 Å². The number of nitrogens with two attached hydrogens (primary N) is 1. The number of aryl methyl sites for hydroxylation is 1. The second kappa shape index (κ2) is 5.82. The molecule has 18 heavy (non-hydrogen) atoms. The molecule has 0 aliphatic carbocycles. The Morgan fingerprint density at radius 3 is 2.33 bits per heavy atom. The Bertz CT molecular complexity index is 510. The number of hydrogen-bond acceptors (Lipinski definition) is 3. The van der Waals surface area contributed by atoms with Gasteiger partial charge in [-0.25, -0.2) is 8.42 Å². The van der Waals surface area contributed by atoms with Crippen LogP contribution in [0.1, 0.15) is 31.9 Å². The summed E-state index contributed by atoms with van der Waals surface area (Å²) in [5.74, 6) is 0. The maximum absolute atomic E-state index is 12.5. The van der Waals surface area contributed by atoms with Crippen LogP contribution in [0.15, 0.2) is 23.1 Å². The standard InChI is InChI=1S/C13H22N2O2S/c1-5-15(10(2)3)18(16,17)13-7-6-12(9-14)8-11(13)4/h6-8,10H,5,9,14H2,1-4H3. The third-order valence-electron chi connectivity index (χ3n) is 2.95. The molecule has 102 valence electrons. The second-order valence-electron chi connectivity index (χ2n) is 4.61. The zero-order chi connectivity index (χ0) is 13.9. The van der Waals surface area contributed by atoms with Gasteiger partial charge in [0.05, 0.1) is 4.90 Å². The monoisotopic (exact) mass is 270 g/mol. The Hall–Kier alpha value is -0.910. The molecule has 0 aromatic heterocycles. The summed E-state index contributed by atoms with van der Waals surface area (Å²) in [6.07, 6.45) is 0. The Morgan fingerprint density at radius 2 is 1.94 bits per heavy atom. The molecule has 0 bridgehead atoms. The second-order valence-corrected chi connectivity index (χ2v) is 6.47. The molecule has 0 heterocycles. The van der Waals surface area contributed by atoms with Crippen LogP contribution in [-0.2, 0) is 16.6 Å². The van der Waals surface area contributed by atoms with Gasteiger partial charge in [0.2, 0.25) is 10.0 Å². The van der Waals surface area contributed by atoms with Gasteiger partial charge >= 0.3 is 0 Å². The molecule has 0 aliphatic rings. The summed E-state index contributed by atoms with van der Waals surface area (Å²) in [7, 11) is -3.41. The molecule has 1 aromatic rings. The lowest BCUT2D eigenvalue weighted by Gasteiger charge is -2.25. The molecule has 0 aliphatic heterocycles. The van der Waals surface area contributed by atoms with Crippen LogP contribution in [0.2, 0.25) is 0 Å². The first kappa shape index (κ1) is 15.1. The van der Waals surface area contributed by atoms with Gasteiger partial charge < -0.3 is 5.73 Å². The molecule has 0 amide bonds. The lowest BCUT2D eigenvalue weighted by molar-refractivity contribution is 0.369. The number of nitrogens with zero attached hydrogens (tertiary/aromatic N) is 1. The fourth-order valence-corrected chi connectivity index (χ4v) is 3.92. The van der Waals surface area contributed by atoms with Crippen molar-refractivity contribution < 1.29 is 8.42 Å². The quantitative estimate of drug-likeness (QED) is 0.888. The average molecular weight is 270 g/mol. The first-order valence-corrected chi connectivity index (χ1v) is 7.60. The largest absolute Gasteiger partial charge is 0.326 e. The van der Waals surface area contributed by atoms with E-state index in [9.17, 15) is 8.42 Å². The molecular weight excluding hydrogens is 248 g/mol. The zero-order valence-electron chi connectivity index (χ0n) is 11.5. The molecule has 2 N–H and O–H groups in total. The summed E-state index contributed by atoms with van der Waals surface area (Å²) < 4.78 is 26.5. The highest BCUT2D eigenvalue weighted by atomic mass is 32.2. The summed E-state index contributed by atoms with van der Waals surface area (Å²) in [6, 6.07) is 5.21. The Balaban J connectivity index is 3.28. The lowest BCUT2D eigenvalue weighted by atomic mass is 10.1. The van der Waals surface area contributed by atoms with Crippen LogP contribution in [0.5, 0.6) is 0 Å². The van der Waals surface area contributed by atoms with Crippen LogP contribution >= 0.6 is 0 Å². The molecule has 0 unspecified atom stereocenters. The third kappa shape index (κ3) is 2.91. The van der Waals surface area contributed by atoms with E-state index in [4.69, 9.17) is 5.73 Å². The van der Waals surface area contributed by atoms with Crippen molar-refractivity contribution >= 4 is 10.0 Å². The summed E-state index contributed by atoms with van der Waals surface area (Å²) in [5, 5.41) is 0. The molecule has 4 nitrogen and oxygen atoms in total. The smallest absolute Gasteiger partial charge is 0.243 e. The van der Waals surface area contributed by atoms with E-state index in [1.807, 2.05) is 26.8 Å². The van der Waals surface area contributed by atoms with Crippen molar-refractivity contribution in [2.45, 2.75) is 45.2 Å². The van der Waals surface area contributed by atoms with Gasteiger partial charge in [0.1, 0.15) is 0 Å². The molecule has 0 saturated carbocycles. The minimum Gasteiger partial charge on any atom is -0.326 e. The molecule has 1 aromatic carbocycles. The van der Waals surface area contributed by atoms with Gasteiger partial charge in [-0.05, 0) is 38.0 Å². The Morgan fingerprint density at radius 1 is 1.33 bits per heavy atom. The molecule has 0 atom stereocenters. The fraction of sp³-hybridized carbons (Fsp3) is 0.538. The highest BCUT2D eigenvalue weighted by Gasteiger charge is 2.26. The number of sulfonamides is 1. The van der Waals surface area contributed by atoms with E-state index in [1.54, 1.807) is 19.1 Å². The normalized spacial score (nSPS) is 12.4. The van der Waals surface area contributed by atoms with Crippen molar-refractivity contribution in [3.8, 4) is 0 Å². The first-order chi connectivity index (χ1) is 8.34. The predicted molar refractivity (Wildman–Crippen MR) is 73.8 cm³/mol. The maximum atomic E-state index is 12.5. The van der Waals surface area contributed by atoms with Crippen LogP contribution in [0.3, 0.4) is 0 Å². The third-order valence-corrected chi connectivity index (χ3v) is 5.26. The van der Waals surface area contributed by atoms with Gasteiger partial charge in [-0.15, -0.1) is 0 Å². The summed E-state index contributed by atoms with van der Waals surface area (Å²) >= 11 is 0. The van der Waals surface area contributed by atoms with Crippen molar-refractivity contribution in [1.82, 2.24) is 4.31 Å². The summed E-state index contributed by atoms with van der Waals surface area (Å²) in [4.78, 5) is 0.371. The highest BCUT2D eigenvalue weighted by Crippen LogP contribution is 2.22. The predicted octanol–water partition coefficient (Wildman–Crippen LogP) is 1.87. The highest BCUT2D eigenvalue weighted by molar-refractivity contribution is 7.89. The van der Waals surface area contributed by atoms with Crippen LogP contribution in [0, 0.1) is 6.92 Å². The van der Waals surface area contributed by atoms with Crippen LogP contribution in [-0.4, -0.2) is 25.3 Å². The minimum absolute atomic E-state index is 0.0476. The van der Waals surface area contributed by atoms with Crippen LogP contribution in [0.4, 0.5) is 0 Å². The first-order valence-electron chi connectivity index (χ1n) is 6.16. The Labute approximate surface area is 110 Å². The van der Waals surface area contributed by atoms with E-state index >= 15 is 0 Å². The van der Waals surface area contributed by atoms with E-state index in [-0.39, 0.29) is 6.04 Å². The maximum Gasteiger partial charge on any atom is 0.243 e. The SMILES string of the molecule is CCN(C(C)C)S(=O)(=O)c1ccc(CN)cc1C. The fourth-order valence-electron chi connectivity index (χ4n) is 2.07. The van der Waals surface area contributed by atoms with Crippen LogP contribution < -0.4 is 5.73 Å². The molecular formula is C13H22N2O2S. The minimum atomic E-state index is -3.41. The molecule has 0 radical (unpaired) electrons. The van der Waals surface area contributed by atoms with E-state index in [2.05, 4.69) is 0 Å². The van der Waals surface area contributed by atoms with Crippen molar-refractivity contribution in [3.05, 3.63) is 29.3 Å². The molecule has 0 fully saturated rings. The van der Waals surface area contributed by atoms with Crippen LogP contribution in [0.25, 0.3) is 0 Å². The van der Waals surface area contributed by atoms with Crippen molar-refractivity contribution in [3.63, 3.8) is 0 Å². The molecule has 1 rings (SSSR count). The number of benzene rings is 1. The topological polar surface area (TPSA) is 63.4 Å². The van der Waals surface area contributed by atoms with Gasteiger partial charge in [-0.2, -0.15) is 4.31 Å². The molecule has 0 spiro atoms. The number of rotatable bonds is 5. The number of hydrogen-bond donors (Lipinski definition) is 1. The van der Waals surface area contributed by atoms with Crippen molar-refractivity contribution in [1.29, 1.82) is 0 Å². The lowest BCUT2D eigenvalue weighted by Crippen LogP contribution is -2.37. The summed E-state index contributed by atoms with van der Waals surface area (Å²) in [5.41, 5.74) is 7.24. The van der Waals surface area contributed by atoms with Gasteiger partial charge in [-0.3, -0.25) is 0 Å². The van der Waals surface area contributed by atoms with Crippen molar-refractivity contribution in [2.24, 2.45) is 5.73 Å². The van der Waals surface area contributed by atoms with Gasteiger partial charge in [0.25, 0.3) is 0 Å². The average Bonchev–Trinajstić information content (AvgIpc) is 2.28. The van der Waals surface area contributed by atoms with E-state index in [0.717, 1.165) is 11.1 Å². The molecule has 0 saturated heterocycles. The van der Waals surface area contributed by atoms with Gasteiger partial charge in [-0.1, -0.05) is 19.1 Å².